The fourth-order valence-corrected chi connectivity index (χ4v) is 11.8. The van der Waals surface area contributed by atoms with Crippen LogP contribution in [0.25, 0.3) is 111 Å². The Hall–Kier alpha value is -8.02. The molecule has 8 aromatic carbocycles. The molecule has 14 rings (SSSR count). The molecule has 0 N–H and O–H groups in total. The molecule has 0 aliphatic heterocycles. The van der Waals surface area contributed by atoms with Crippen LogP contribution in [0.2, 0.25) is 0 Å². The van der Waals surface area contributed by atoms with E-state index in [2.05, 4.69) is 223 Å². The highest BCUT2D eigenvalue weighted by atomic mass is 15.2. The molecule has 1 atom stereocenters. The standard InChI is InChI=1S/C60H43N5/c1-36-17-15-28-49-54(36)57-53(34-33-52-56(57)42-23-10-13-26-47(42)63(52)38-31-32-45-43(35-38)39-20-7-11-24-44(39)60(45,2)3)64(49)50-29-16-30-51-55(50)41-22-9-14-27-48(41)65(51)59-61-46-25-12-8-21-40(46)58(62-59)37-18-5-4-6-19-37/h4-16,18-36H,17H2,1-3H3. The third kappa shape index (κ3) is 4.93. The predicted octanol–water partition coefficient (Wildman–Crippen LogP) is 15.3. The van der Waals surface area contributed by atoms with Gasteiger partial charge in [-0.2, -0.15) is 0 Å². The first-order valence-corrected chi connectivity index (χ1v) is 22.8. The molecule has 0 saturated heterocycles. The number of benzene rings is 8. The molecule has 308 valence electrons. The predicted molar refractivity (Wildman–Crippen MR) is 270 cm³/mol. The molecule has 5 nitrogen and oxygen atoms in total. The third-order valence-corrected chi connectivity index (χ3v) is 14.7. The molecule has 0 fully saturated rings. The Morgan fingerprint density at radius 3 is 1.98 bits per heavy atom. The summed E-state index contributed by atoms with van der Waals surface area (Å²) >= 11 is 0. The van der Waals surface area contributed by atoms with Crippen LogP contribution in [0.1, 0.15) is 55.5 Å². The van der Waals surface area contributed by atoms with Gasteiger partial charge in [-0.25, -0.2) is 9.97 Å². The summed E-state index contributed by atoms with van der Waals surface area (Å²) in [5.41, 5.74) is 19.1. The number of hydrogen-bond donors (Lipinski definition) is 0. The van der Waals surface area contributed by atoms with E-state index in [4.69, 9.17) is 9.97 Å². The lowest BCUT2D eigenvalue weighted by Crippen LogP contribution is -2.14. The van der Waals surface area contributed by atoms with Gasteiger partial charge in [-0.15, -0.1) is 0 Å². The Morgan fingerprint density at radius 2 is 1.15 bits per heavy atom. The van der Waals surface area contributed by atoms with Gasteiger partial charge in [0.1, 0.15) is 0 Å². The molecular weight excluding hydrogens is 791 g/mol. The number of nitrogens with zero attached hydrogens (tertiary/aromatic N) is 5. The first kappa shape index (κ1) is 36.5. The summed E-state index contributed by atoms with van der Waals surface area (Å²) in [6, 6.07) is 64.2. The van der Waals surface area contributed by atoms with Crippen LogP contribution in [0.4, 0.5) is 0 Å². The quantitative estimate of drug-likeness (QED) is 0.177. The maximum Gasteiger partial charge on any atom is 0.235 e. The van der Waals surface area contributed by atoms with E-state index >= 15 is 0 Å². The van der Waals surface area contributed by atoms with Crippen LogP contribution < -0.4 is 0 Å². The van der Waals surface area contributed by atoms with Gasteiger partial charge in [0.2, 0.25) is 5.95 Å². The number of rotatable bonds is 4. The molecular formula is C60H43N5. The number of aromatic nitrogens is 5. The molecule has 2 aliphatic carbocycles. The topological polar surface area (TPSA) is 40.6 Å². The summed E-state index contributed by atoms with van der Waals surface area (Å²) in [4.78, 5) is 10.7. The summed E-state index contributed by atoms with van der Waals surface area (Å²) < 4.78 is 7.32. The van der Waals surface area contributed by atoms with Crippen LogP contribution in [0, 0.1) is 0 Å². The minimum absolute atomic E-state index is 0.0498. The maximum absolute atomic E-state index is 5.40. The van der Waals surface area contributed by atoms with Gasteiger partial charge in [-0.05, 0) is 101 Å². The molecule has 12 aromatic rings. The smallest absolute Gasteiger partial charge is 0.235 e. The van der Waals surface area contributed by atoms with E-state index in [9.17, 15) is 0 Å². The van der Waals surface area contributed by atoms with Crippen molar-refractivity contribution in [3.8, 4) is 39.7 Å². The number of hydrogen-bond acceptors (Lipinski definition) is 2. The monoisotopic (exact) mass is 833 g/mol. The summed E-state index contributed by atoms with van der Waals surface area (Å²) in [5, 5.41) is 7.30. The van der Waals surface area contributed by atoms with E-state index in [1.807, 2.05) is 0 Å². The van der Waals surface area contributed by atoms with Crippen molar-refractivity contribution >= 4 is 71.5 Å². The lowest BCUT2D eigenvalue weighted by Gasteiger charge is -2.21. The third-order valence-electron chi connectivity index (χ3n) is 14.7. The van der Waals surface area contributed by atoms with Crippen molar-refractivity contribution in [2.24, 2.45) is 0 Å². The Labute approximate surface area is 376 Å². The largest absolute Gasteiger partial charge is 0.309 e. The number of fused-ring (bicyclic) bond motifs is 14. The molecule has 2 aliphatic rings. The van der Waals surface area contributed by atoms with E-state index in [0.717, 1.165) is 45.3 Å². The SMILES string of the molecule is CC1CC=Cc2c1c1c3c4ccccc4n(-c4ccc5c(c4)-c4ccccc4C5(C)C)c3ccc1n2-c1cccc2c1c1ccccc1n2-c1nc(-c2ccccc2)c2ccccc2n1. The maximum atomic E-state index is 5.40. The molecule has 5 heteroatoms. The zero-order chi connectivity index (χ0) is 43.1. The van der Waals surface area contributed by atoms with Crippen LogP contribution in [0.5, 0.6) is 0 Å². The lowest BCUT2D eigenvalue weighted by atomic mass is 9.82. The Bertz CT molecular complexity index is 4020. The minimum atomic E-state index is -0.0498. The van der Waals surface area contributed by atoms with E-state index < -0.39 is 0 Å². The molecule has 4 heterocycles. The second-order valence-electron chi connectivity index (χ2n) is 18.6. The Balaban J connectivity index is 1.05. The molecule has 0 spiro atoms. The van der Waals surface area contributed by atoms with Gasteiger partial charge in [0.15, 0.2) is 0 Å². The molecule has 0 bridgehead atoms. The van der Waals surface area contributed by atoms with Crippen LogP contribution >= 0.6 is 0 Å². The lowest BCUT2D eigenvalue weighted by molar-refractivity contribution is 0.660. The fourth-order valence-electron chi connectivity index (χ4n) is 11.8. The van der Waals surface area contributed by atoms with Crippen molar-refractivity contribution in [2.75, 3.05) is 0 Å². The van der Waals surface area contributed by atoms with E-state index in [1.54, 1.807) is 0 Å². The highest BCUT2D eigenvalue weighted by Crippen LogP contribution is 2.51. The second kappa shape index (κ2) is 13.3. The number of para-hydroxylation sites is 3. The highest BCUT2D eigenvalue weighted by molar-refractivity contribution is 6.24. The van der Waals surface area contributed by atoms with Gasteiger partial charge < -0.3 is 9.13 Å². The van der Waals surface area contributed by atoms with Crippen molar-refractivity contribution < 1.29 is 0 Å². The molecule has 0 amide bonds. The molecule has 1 unspecified atom stereocenters. The van der Waals surface area contributed by atoms with E-state index in [0.29, 0.717) is 11.9 Å². The zero-order valence-electron chi connectivity index (χ0n) is 36.4. The normalized spacial score (nSPS) is 15.2. The molecule has 4 aromatic heterocycles. The van der Waals surface area contributed by atoms with Crippen LogP contribution in [-0.4, -0.2) is 23.7 Å². The van der Waals surface area contributed by atoms with Gasteiger partial charge in [0.05, 0.1) is 50.2 Å². The van der Waals surface area contributed by atoms with Crippen molar-refractivity contribution in [3.05, 3.63) is 204 Å². The van der Waals surface area contributed by atoms with Gasteiger partial charge in [0.25, 0.3) is 0 Å². The summed E-state index contributed by atoms with van der Waals surface area (Å²) in [6.07, 6.45) is 5.73. The van der Waals surface area contributed by atoms with Gasteiger partial charge in [0, 0.05) is 49.0 Å². The number of allylic oxidation sites excluding steroid dienone is 1. The second-order valence-corrected chi connectivity index (χ2v) is 18.6. The molecule has 0 radical (unpaired) electrons. The van der Waals surface area contributed by atoms with Crippen molar-refractivity contribution in [3.63, 3.8) is 0 Å². The van der Waals surface area contributed by atoms with E-state index in [-0.39, 0.29) is 5.41 Å². The Kier molecular flexibility index (Phi) is 7.44. The Morgan fingerprint density at radius 1 is 0.508 bits per heavy atom. The minimum Gasteiger partial charge on any atom is -0.309 e. The zero-order valence-corrected chi connectivity index (χ0v) is 36.4. The van der Waals surface area contributed by atoms with Crippen molar-refractivity contribution in [1.29, 1.82) is 0 Å². The van der Waals surface area contributed by atoms with Crippen molar-refractivity contribution in [2.45, 2.75) is 38.5 Å². The molecule has 0 saturated carbocycles. The van der Waals surface area contributed by atoms with Crippen LogP contribution in [0.15, 0.2) is 182 Å². The first-order valence-electron chi connectivity index (χ1n) is 22.8. The molecule has 65 heavy (non-hydrogen) atoms. The summed E-state index contributed by atoms with van der Waals surface area (Å²) in [5.74, 6) is 0.986. The average Bonchev–Trinajstić information content (AvgIpc) is 4.05. The fraction of sp³-hybridized carbons (Fsp3) is 0.100. The highest BCUT2D eigenvalue weighted by Gasteiger charge is 2.36. The van der Waals surface area contributed by atoms with Gasteiger partial charge in [-0.1, -0.05) is 148 Å². The van der Waals surface area contributed by atoms with Crippen LogP contribution in [0.3, 0.4) is 0 Å². The van der Waals surface area contributed by atoms with E-state index in [1.165, 1.54) is 82.7 Å². The van der Waals surface area contributed by atoms with Gasteiger partial charge in [-0.3, -0.25) is 4.57 Å². The summed E-state index contributed by atoms with van der Waals surface area (Å²) in [7, 11) is 0. The average molecular weight is 834 g/mol. The summed E-state index contributed by atoms with van der Waals surface area (Å²) in [6.45, 7) is 7.11. The first-order chi connectivity index (χ1) is 32.0. The van der Waals surface area contributed by atoms with Crippen molar-refractivity contribution in [1.82, 2.24) is 23.7 Å². The van der Waals surface area contributed by atoms with Crippen LogP contribution in [-0.2, 0) is 5.41 Å². The van der Waals surface area contributed by atoms with Gasteiger partial charge >= 0.3 is 0 Å².